The Hall–Kier alpha value is -1.67. The summed E-state index contributed by atoms with van der Waals surface area (Å²) in [5.41, 5.74) is 5.59. The van der Waals surface area contributed by atoms with Crippen LogP contribution in [0.25, 0.3) is 0 Å². The zero-order valence-electron chi connectivity index (χ0n) is 9.30. The molecule has 0 aliphatic rings. The SMILES string of the molecule is CS(=O)(=O)Nc1ccc(C(=O)NCCN)cn1. The molecule has 0 aromatic carbocycles. The average Bonchev–Trinajstić information content (AvgIpc) is 2.24. The molecule has 0 aliphatic heterocycles. The number of anilines is 1. The molecule has 1 aromatic rings. The zero-order chi connectivity index (χ0) is 12.9. The van der Waals surface area contributed by atoms with Crippen molar-refractivity contribution in [3.05, 3.63) is 23.9 Å². The Labute approximate surface area is 99.5 Å². The largest absolute Gasteiger partial charge is 0.351 e. The molecular weight excluding hydrogens is 244 g/mol. The van der Waals surface area contributed by atoms with Gasteiger partial charge in [0.05, 0.1) is 11.8 Å². The zero-order valence-corrected chi connectivity index (χ0v) is 10.1. The number of aromatic nitrogens is 1. The molecule has 4 N–H and O–H groups in total. The Kier molecular flexibility index (Phi) is 4.41. The van der Waals surface area contributed by atoms with E-state index in [1.807, 2.05) is 0 Å². The molecule has 0 bridgehead atoms. The van der Waals surface area contributed by atoms with Gasteiger partial charge in [-0.05, 0) is 12.1 Å². The highest BCUT2D eigenvalue weighted by molar-refractivity contribution is 7.92. The quantitative estimate of drug-likeness (QED) is 0.636. The first-order valence-corrected chi connectivity index (χ1v) is 6.73. The topological polar surface area (TPSA) is 114 Å². The lowest BCUT2D eigenvalue weighted by Crippen LogP contribution is -2.29. The minimum atomic E-state index is -3.35. The highest BCUT2D eigenvalue weighted by Crippen LogP contribution is 2.06. The predicted molar refractivity (Wildman–Crippen MR) is 64.1 cm³/mol. The molecule has 1 aromatic heterocycles. The fraction of sp³-hybridized carbons (Fsp3) is 0.333. The molecule has 0 unspecified atom stereocenters. The summed E-state index contributed by atoms with van der Waals surface area (Å²) in [6.45, 7) is 0.731. The number of nitrogens with zero attached hydrogens (tertiary/aromatic N) is 1. The van der Waals surface area contributed by atoms with E-state index in [0.717, 1.165) is 6.26 Å². The summed E-state index contributed by atoms with van der Waals surface area (Å²) in [7, 11) is -3.35. The van der Waals surface area contributed by atoms with Gasteiger partial charge in [-0.15, -0.1) is 0 Å². The van der Waals surface area contributed by atoms with Crippen LogP contribution >= 0.6 is 0 Å². The maximum Gasteiger partial charge on any atom is 0.252 e. The molecular formula is C9H14N4O3S. The lowest BCUT2D eigenvalue weighted by molar-refractivity contribution is 0.0954. The van der Waals surface area contributed by atoms with Crippen LogP contribution in [0.15, 0.2) is 18.3 Å². The van der Waals surface area contributed by atoms with Crippen LogP contribution in [0.3, 0.4) is 0 Å². The fourth-order valence-electron chi connectivity index (χ4n) is 1.07. The molecule has 0 fully saturated rings. The second-order valence-electron chi connectivity index (χ2n) is 3.35. The third-order valence-electron chi connectivity index (χ3n) is 1.75. The number of rotatable bonds is 5. The number of hydrogen-bond acceptors (Lipinski definition) is 5. The van der Waals surface area contributed by atoms with E-state index in [1.54, 1.807) is 0 Å². The highest BCUT2D eigenvalue weighted by atomic mass is 32.2. The summed E-state index contributed by atoms with van der Waals surface area (Å²) in [5, 5.41) is 2.57. The fourth-order valence-corrected chi connectivity index (χ4v) is 1.57. The van der Waals surface area contributed by atoms with E-state index >= 15 is 0 Å². The van der Waals surface area contributed by atoms with Crippen LogP contribution in [0.2, 0.25) is 0 Å². The molecule has 0 aliphatic carbocycles. The number of sulfonamides is 1. The number of amides is 1. The van der Waals surface area contributed by atoms with E-state index in [2.05, 4.69) is 15.0 Å². The number of pyridine rings is 1. The van der Waals surface area contributed by atoms with Crippen molar-refractivity contribution in [1.29, 1.82) is 0 Å². The van der Waals surface area contributed by atoms with Gasteiger partial charge in [0.2, 0.25) is 10.0 Å². The molecule has 94 valence electrons. The summed E-state index contributed by atoms with van der Waals surface area (Å²) < 4.78 is 24.0. The van der Waals surface area contributed by atoms with Crippen LogP contribution in [0.1, 0.15) is 10.4 Å². The molecule has 1 rings (SSSR count). The van der Waals surface area contributed by atoms with Crippen LogP contribution < -0.4 is 15.8 Å². The van der Waals surface area contributed by atoms with E-state index in [9.17, 15) is 13.2 Å². The van der Waals surface area contributed by atoms with Gasteiger partial charge >= 0.3 is 0 Å². The van der Waals surface area contributed by atoms with Crippen molar-refractivity contribution in [3.63, 3.8) is 0 Å². The Morgan fingerprint density at radius 3 is 2.65 bits per heavy atom. The monoisotopic (exact) mass is 258 g/mol. The van der Waals surface area contributed by atoms with Gasteiger partial charge < -0.3 is 11.1 Å². The first-order valence-electron chi connectivity index (χ1n) is 4.84. The Morgan fingerprint density at radius 2 is 2.18 bits per heavy atom. The maximum absolute atomic E-state index is 11.5. The normalized spacial score (nSPS) is 10.9. The summed E-state index contributed by atoms with van der Waals surface area (Å²) in [6, 6.07) is 2.89. The maximum atomic E-state index is 11.5. The van der Waals surface area contributed by atoms with Gasteiger partial charge in [0, 0.05) is 19.3 Å². The van der Waals surface area contributed by atoms with Gasteiger partial charge in [-0.2, -0.15) is 0 Å². The molecule has 1 amide bonds. The van der Waals surface area contributed by atoms with Gasteiger partial charge in [-0.25, -0.2) is 13.4 Å². The molecule has 0 saturated carbocycles. The number of nitrogens with one attached hydrogen (secondary N) is 2. The molecule has 0 saturated heterocycles. The predicted octanol–water partition coefficient (Wildman–Crippen LogP) is -0.858. The van der Waals surface area contributed by atoms with E-state index in [0.29, 0.717) is 18.7 Å². The Balaban J connectivity index is 2.71. The van der Waals surface area contributed by atoms with E-state index in [-0.39, 0.29) is 11.7 Å². The van der Waals surface area contributed by atoms with Crippen LogP contribution in [-0.2, 0) is 10.0 Å². The summed E-state index contributed by atoms with van der Waals surface area (Å²) in [6.07, 6.45) is 2.32. The summed E-state index contributed by atoms with van der Waals surface area (Å²) in [5.74, 6) is -0.128. The van der Waals surface area contributed by atoms with Crippen molar-refractivity contribution in [2.24, 2.45) is 5.73 Å². The van der Waals surface area contributed by atoms with E-state index in [4.69, 9.17) is 5.73 Å². The van der Waals surface area contributed by atoms with Crippen LogP contribution in [0.5, 0.6) is 0 Å². The molecule has 7 nitrogen and oxygen atoms in total. The molecule has 0 radical (unpaired) electrons. The first-order chi connectivity index (χ1) is 7.92. The van der Waals surface area contributed by atoms with Crippen molar-refractivity contribution >= 4 is 21.7 Å². The molecule has 1 heterocycles. The smallest absolute Gasteiger partial charge is 0.252 e. The number of hydrogen-bond donors (Lipinski definition) is 3. The van der Waals surface area contributed by atoms with Gasteiger partial charge in [0.25, 0.3) is 5.91 Å². The minimum absolute atomic E-state index is 0.169. The van der Waals surface area contributed by atoms with Crippen molar-refractivity contribution in [2.75, 3.05) is 24.1 Å². The van der Waals surface area contributed by atoms with Crippen molar-refractivity contribution in [2.45, 2.75) is 0 Å². The number of nitrogens with two attached hydrogens (primary N) is 1. The molecule has 8 heteroatoms. The Bertz CT molecular complexity index is 483. The lowest BCUT2D eigenvalue weighted by Gasteiger charge is -2.05. The third kappa shape index (κ3) is 4.79. The van der Waals surface area contributed by atoms with Crippen molar-refractivity contribution in [1.82, 2.24) is 10.3 Å². The van der Waals surface area contributed by atoms with E-state index < -0.39 is 10.0 Å². The van der Waals surface area contributed by atoms with Crippen LogP contribution in [0, 0.1) is 0 Å². The molecule has 17 heavy (non-hydrogen) atoms. The molecule has 0 atom stereocenters. The van der Waals surface area contributed by atoms with Crippen LogP contribution in [0.4, 0.5) is 5.82 Å². The van der Waals surface area contributed by atoms with E-state index in [1.165, 1.54) is 18.3 Å². The van der Waals surface area contributed by atoms with Crippen molar-refractivity contribution < 1.29 is 13.2 Å². The van der Waals surface area contributed by atoms with Crippen LogP contribution in [-0.4, -0.2) is 38.7 Å². The summed E-state index contributed by atoms with van der Waals surface area (Å²) >= 11 is 0. The van der Waals surface area contributed by atoms with Crippen molar-refractivity contribution in [3.8, 4) is 0 Å². The lowest BCUT2D eigenvalue weighted by atomic mass is 10.2. The average molecular weight is 258 g/mol. The standard InChI is InChI=1S/C9H14N4O3S/c1-17(15,16)13-8-3-2-7(6-12-8)9(14)11-5-4-10/h2-3,6H,4-5,10H2,1H3,(H,11,14)(H,12,13). The molecule has 0 spiro atoms. The first kappa shape index (κ1) is 13.4. The number of carbonyl (C=O) groups excluding carboxylic acids is 1. The number of carbonyl (C=O) groups is 1. The second kappa shape index (κ2) is 5.60. The minimum Gasteiger partial charge on any atom is -0.351 e. The second-order valence-corrected chi connectivity index (χ2v) is 5.10. The highest BCUT2D eigenvalue weighted by Gasteiger charge is 2.07. The van der Waals surface area contributed by atoms with Gasteiger partial charge in [0.15, 0.2) is 0 Å². The third-order valence-corrected chi connectivity index (χ3v) is 2.33. The van der Waals surface area contributed by atoms with Gasteiger partial charge in [0.1, 0.15) is 5.82 Å². The van der Waals surface area contributed by atoms with Gasteiger partial charge in [-0.3, -0.25) is 9.52 Å². The van der Waals surface area contributed by atoms with Gasteiger partial charge in [-0.1, -0.05) is 0 Å². The Morgan fingerprint density at radius 1 is 1.47 bits per heavy atom. The summed E-state index contributed by atoms with van der Waals surface area (Å²) in [4.78, 5) is 15.3.